The molecule has 1 saturated heterocycles. The standard InChI is InChI=1S/C23H31N3O3/c1-5-26-18(4)20(17(3)21(26)23(28)29-6-2)22(27)25-14-12-24(13-15-25)16-19-10-8-7-9-11-19/h7-11H,5-6,12-16H2,1-4H3/p+1. The molecule has 0 aliphatic carbocycles. The SMILES string of the molecule is CCOC(=O)c1c(C)c(C(=O)N2CC[NH+](Cc3ccccc3)CC2)c(C)n1CC. The monoisotopic (exact) mass is 398 g/mol. The van der Waals surface area contributed by atoms with Gasteiger partial charge in [-0.15, -0.1) is 0 Å². The topological polar surface area (TPSA) is 56.0 Å². The Labute approximate surface area is 173 Å². The molecule has 1 aromatic carbocycles. The van der Waals surface area contributed by atoms with E-state index in [9.17, 15) is 9.59 Å². The Kier molecular flexibility index (Phi) is 6.75. The van der Waals surface area contributed by atoms with Crippen molar-refractivity contribution in [3.8, 4) is 0 Å². The van der Waals surface area contributed by atoms with Crippen LogP contribution in [-0.4, -0.2) is 54.1 Å². The van der Waals surface area contributed by atoms with Gasteiger partial charge in [0.1, 0.15) is 12.2 Å². The van der Waals surface area contributed by atoms with E-state index in [1.54, 1.807) is 6.92 Å². The van der Waals surface area contributed by atoms with Crippen LogP contribution < -0.4 is 4.90 Å². The molecule has 2 heterocycles. The maximum atomic E-state index is 13.3. The van der Waals surface area contributed by atoms with Gasteiger partial charge in [-0.25, -0.2) is 4.79 Å². The zero-order valence-electron chi connectivity index (χ0n) is 18.0. The smallest absolute Gasteiger partial charge is 0.355 e. The maximum Gasteiger partial charge on any atom is 0.355 e. The molecule has 6 nitrogen and oxygen atoms in total. The Hall–Kier alpha value is -2.60. The number of piperazine rings is 1. The van der Waals surface area contributed by atoms with Crippen molar-refractivity contribution >= 4 is 11.9 Å². The summed E-state index contributed by atoms with van der Waals surface area (Å²) in [7, 11) is 0. The molecule has 29 heavy (non-hydrogen) atoms. The van der Waals surface area contributed by atoms with Gasteiger partial charge in [-0.3, -0.25) is 4.79 Å². The predicted octanol–water partition coefficient (Wildman–Crippen LogP) is 1.84. The summed E-state index contributed by atoms with van der Waals surface area (Å²) in [5, 5.41) is 0. The second kappa shape index (κ2) is 9.27. The lowest BCUT2D eigenvalue weighted by atomic mass is 10.1. The minimum absolute atomic E-state index is 0.0245. The van der Waals surface area contributed by atoms with Gasteiger partial charge in [0.2, 0.25) is 0 Å². The minimum Gasteiger partial charge on any atom is -0.461 e. The molecular formula is C23H32N3O3+. The Bertz CT molecular complexity index is 865. The summed E-state index contributed by atoms with van der Waals surface area (Å²) in [6.07, 6.45) is 0. The molecule has 0 bridgehead atoms. The van der Waals surface area contributed by atoms with Crippen molar-refractivity contribution in [2.45, 2.75) is 40.8 Å². The molecule has 0 spiro atoms. The third kappa shape index (κ3) is 4.37. The van der Waals surface area contributed by atoms with Crippen molar-refractivity contribution in [2.75, 3.05) is 32.8 Å². The number of ether oxygens (including phenoxy) is 1. The average molecular weight is 399 g/mol. The fourth-order valence-corrected chi connectivity index (χ4v) is 4.31. The van der Waals surface area contributed by atoms with Crippen LogP contribution in [0.15, 0.2) is 30.3 Å². The van der Waals surface area contributed by atoms with Crippen LogP contribution in [0.5, 0.6) is 0 Å². The Morgan fingerprint density at radius 1 is 1.07 bits per heavy atom. The van der Waals surface area contributed by atoms with Gasteiger partial charge in [-0.05, 0) is 33.3 Å². The Balaban J connectivity index is 1.73. The van der Waals surface area contributed by atoms with E-state index >= 15 is 0 Å². The summed E-state index contributed by atoms with van der Waals surface area (Å²) in [5.74, 6) is -0.331. The van der Waals surface area contributed by atoms with Gasteiger partial charge in [0.15, 0.2) is 0 Å². The van der Waals surface area contributed by atoms with E-state index in [1.165, 1.54) is 10.5 Å². The predicted molar refractivity (Wildman–Crippen MR) is 112 cm³/mol. The van der Waals surface area contributed by atoms with Crippen LogP contribution in [0, 0.1) is 13.8 Å². The Morgan fingerprint density at radius 2 is 1.72 bits per heavy atom. The average Bonchev–Trinajstić information content (AvgIpc) is 2.98. The zero-order valence-corrected chi connectivity index (χ0v) is 18.0. The molecule has 156 valence electrons. The fraction of sp³-hybridized carbons (Fsp3) is 0.478. The lowest BCUT2D eigenvalue weighted by Gasteiger charge is -2.32. The molecule has 0 radical (unpaired) electrons. The number of esters is 1. The van der Waals surface area contributed by atoms with Crippen LogP contribution in [-0.2, 0) is 17.8 Å². The molecule has 1 N–H and O–H groups in total. The van der Waals surface area contributed by atoms with Crippen molar-refractivity contribution in [1.82, 2.24) is 9.47 Å². The molecule has 1 fully saturated rings. The third-order valence-electron chi connectivity index (χ3n) is 5.82. The summed E-state index contributed by atoms with van der Waals surface area (Å²) in [4.78, 5) is 29.2. The van der Waals surface area contributed by atoms with E-state index < -0.39 is 0 Å². The highest BCUT2D eigenvalue weighted by Crippen LogP contribution is 2.25. The number of hydrogen-bond donors (Lipinski definition) is 1. The van der Waals surface area contributed by atoms with Gasteiger partial charge < -0.3 is 19.1 Å². The lowest BCUT2D eigenvalue weighted by molar-refractivity contribution is -0.917. The number of nitrogens with one attached hydrogen (secondary N) is 1. The van der Waals surface area contributed by atoms with Crippen LogP contribution in [0.25, 0.3) is 0 Å². The number of aromatic nitrogens is 1. The zero-order chi connectivity index (χ0) is 21.0. The number of quaternary nitrogens is 1. The minimum atomic E-state index is -0.355. The molecule has 1 aliphatic heterocycles. The second-order valence-electron chi connectivity index (χ2n) is 7.60. The molecule has 6 heteroatoms. The van der Waals surface area contributed by atoms with Crippen molar-refractivity contribution in [3.63, 3.8) is 0 Å². The van der Waals surface area contributed by atoms with Gasteiger partial charge in [0.05, 0.1) is 38.3 Å². The van der Waals surface area contributed by atoms with Gasteiger partial charge in [0, 0.05) is 17.8 Å². The van der Waals surface area contributed by atoms with Crippen LogP contribution in [0.2, 0.25) is 0 Å². The van der Waals surface area contributed by atoms with Gasteiger partial charge in [0.25, 0.3) is 5.91 Å². The van der Waals surface area contributed by atoms with Crippen molar-refractivity contribution in [3.05, 3.63) is 58.4 Å². The lowest BCUT2D eigenvalue weighted by Crippen LogP contribution is -3.13. The molecule has 0 saturated carbocycles. The van der Waals surface area contributed by atoms with Crippen molar-refractivity contribution < 1.29 is 19.2 Å². The van der Waals surface area contributed by atoms with Gasteiger partial charge in [-0.2, -0.15) is 0 Å². The highest BCUT2D eigenvalue weighted by Gasteiger charge is 2.31. The van der Waals surface area contributed by atoms with Crippen LogP contribution in [0.3, 0.4) is 0 Å². The van der Waals surface area contributed by atoms with E-state index in [1.807, 2.05) is 36.3 Å². The number of rotatable bonds is 6. The number of hydrogen-bond acceptors (Lipinski definition) is 3. The summed E-state index contributed by atoms with van der Waals surface area (Å²) in [5.41, 5.74) is 4.06. The molecule has 0 unspecified atom stereocenters. The second-order valence-corrected chi connectivity index (χ2v) is 7.60. The number of carbonyl (C=O) groups excluding carboxylic acids is 2. The largest absolute Gasteiger partial charge is 0.461 e. The van der Waals surface area contributed by atoms with Crippen molar-refractivity contribution in [2.24, 2.45) is 0 Å². The molecule has 1 amide bonds. The first-order valence-corrected chi connectivity index (χ1v) is 10.5. The maximum absolute atomic E-state index is 13.3. The van der Waals surface area contributed by atoms with Crippen LogP contribution >= 0.6 is 0 Å². The normalized spacial score (nSPS) is 14.8. The molecular weight excluding hydrogens is 366 g/mol. The molecule has 1 aliphatic rings. The van der Waals surface area contributed by atoms with Crippen LogP contribution in [0.4, 0.5) is 0 Å². The Morgan fingerprint density at radius 3 is 2.31 bits per heavy atom. The van der Waals surface area contributed by atoms with E-state index in [0.717, 1.165) is 44.0 Å². The molecule has 0 atom stereocenters. The van der Waals surface area contributed by atoms with E-state index in [2.05, 4.69) is 24.3 Å². The quantitative estimate of drug-likeness (QED) is 0.756. The third-order valence-corrected chi connectivity index (χ3v) is 5.82. The molecule has 2 aromatic rings. The van der Waals surface area contributed by atoms with Gasteiger partial charge >= 0.3 is 5.97 Å². The van der Waals surface area contributed by atoms with E-state index in [-0.39, 0.29) is 11.9 Å². The van der Waals surface area contributed by atoms with Crippen molar-refractivity contribution in [1.29, 1.82) is 0 Å². The van der Waals surface area contributed by atoms with E-state index in [4.69, 9.17) is 4.74 Å². The number of benzene rings is 1. The van der Waals surface area contributed by atoms with Gasteiger partial charge in [-0.1, -0.05) is 30.3 Å². The molecule has 3 rings (SSSR count). The number of carbonyl (C=O) groups is 2. The summed E-state index contributed by atoms with van der Waals surface area (Å²) in [6, 6.07) is 10.5. The summed E-state index contributed by atoms with van der Waals surface area (Å²) >= 11 is 0. The fourth-order valence-electron chi connectivity index (χ4n) is 4.31. The first-order valence-electron chi connectivity index (χ1n) is 10.5. The number of nitrogens with zero attached hydrogens (tertiary/aromatic N) is 2. The number of amides is 1. The highest BCUT2D eigenvalue weighted by molar-refractivity contribution is 6.01. The summed E-state index contributed by atoms with van der Waals surface area (Å²) < 4.78 is 7.13. The van der Waals surface area contributed by atoms with Crippen LogP contribution in [0.1, 0.15) is 51.5 Å². The molecule has 1 aromatic heterocycles. The first-order chi connectivity index (χ1) is 14.0. The first kappa shape index (κ1) is 21.1. The highest BCUT2D eigenvalue weighted by atomic mass is 16.5. The van der Waals surface area contributed by atoms with E-state index in [0.29, 0.717) is 24.4 Å². The summed E-state index contributed by atoms with van der Waals surface area (Å²) in [6.45, 7) is 12.8.